The molecular weight excluding hydrogens is 242 g/mol. The van der Waals surface area contributed by atoms with Gasteiger partial charge >= 0.3 is 5.97 Å². The van der Waals surface area contributed by atoms with Crippen molar-refractivity contribution in [3.63, 3.8) is 0 Å². The standard InChI is InChI=1S/C12H10F2N2O2/c1-7-4-2-3-5-9(7)16-10(11(13)14)8(6-15-16)12(17)18/h2-6,11H,1H3,(H,17,18). The van der Waals surface area contributed by atoms with Crippen molar-refractivity contribution in [2.45, 2.75) is 13.3 Å². The molecule has 1 aromatic heterocycles. The highest BCUT2D eigenvalue weighted by atomic mass is 19.3. The molecule has 0 saturated heterocycles. The Hall–Kier alpha value is -2.24. The molecule has 0 bridgehead atoms. The summed E-state index contributed by atoms with van der Waals surface area (Å²) in [5.41, 5.74) is 0.102. The summed E-state index contributed by atoms with van der Waals surface area (Å²) in [6.07, 6.45) is -1.96. The number of aromatic nitrogens is 2. The Morgan fingerprint density at radius 2 is 2.06 bits per heavy atom. The van der Waals surface area contributed by atoms with Gasteiger partial charge in [0.2, 0.25) is 0 Å². The molecule has 1 N–H and O–H groups in total. The summed E-state index contributed by atoms with van der Waals surface area (Å²) < 4.78 is 26.9. The Morgan fingerprint density at radius 1 is 1.39 bits per heavy atom. The van der Waals surface area contributed by atoms with Crippen LogP contribution in [0.25, 0.3) is 5.69 Å². The third kappa shape index (κ3) is 1.97. The highest BCUT2D eigenvalue weighted by molar-refractivity contribution is 5.89. The number of carbonyl (C=O) groups is 1. The average molecular weight is 252 g/mol. The highest BCUT2D eigenvalue weighted by Crippen LogP contribution is 2.26. The molecule has 4 nitrogen and oxygen atoms in total. The van der Waals surface area contributed by atoms with Gasteiger partial charge in [0.05, 0.1) is 11.9 Å². The molecule has 0 fully saturated rings. The molecule has 94 valence electrons. The molecule has 0 radical (unpaired) electrons. The average Bonchev–Trinajstić information content (AvgIpc) is 2.74. The molecule has 0 saturated carbocycles. The predicted molar refractivity (Wildman–Crippen MR) is 60.2 cm³/mol. The van der Waals surface area contributed by atoms with Crippen molar-refractivity contribution >= 4 is 5.97 Å². The molecule has 6 heteroatoms. The lowest BCUT2D eigenvalue weighted by Gasteiger charge is -2.10. The normalized spacial score (nSPS) is 10.9. The van der Waals surface area contributed by atoms with Crippen molar-refractivity contribution in [1.29, 1.82) is 0 Å². The molecule has 18 heavy (non-hydrogen) atoms. The van der Waals surface area contributed by atoms with Gasteiger partial charge in [0.25, 0.3) is 6.43 Å². The van der Waals surface area contributed by atoms with Crippen LogP contribution in [-0.2, 0) is 0 Å². The Bertz CT molecular complexity index is 594. The number of carboxylic acid groups (broad SMARTS) is 1. The first kappa shape index (κ1) is 12.2. The quantitative estimate of drug-likeness (QED) is 0.913. The smallest absolute Gasteiger partial charge is 0.339 e. The fraction of sp³-hybridized carbons (Fsp3) is 0.167. The number of hydrogen-bond acceptors (Lipinski definition) is 2. The number of benzene rings is 1. The largest absolute Gasteiger partial charge is 0.478 e. The van der Waals surface area contributed by atoms with E-state index in [1.807, 2.05) is 0 Å². The molecule has 2 rings (SSSR count). The van der Waals surface area contributed by atoms with Crippen molar-refractivity contribution in [3.05, 3.63) is 47.3 Å². The zero-order valence-corrected chi connectivity index (χ0v) is 9.47. The first-order valence-corrected chi connectivity index (χ1v) is 5.17. The van der Waals surface area contributed by atoms with Crippen LogP contribution in [0.5, 0.6) is 0 Å². The van der Waals surface area contributed by atoms with E-state index in [0.717, 1.165) is 16.4 Å². The summed E-state index contributed by atoms with van der Waals surface area (Å²) in [4.78, 5) is 10.9. The third-order valence-electron chi connectivity index (χ3n) is 2.59. The topological polar surface area (TPSA) is 55.1 Å². The van der Waals surface area contributed by atoms with Crippen molar-refractivity contribution in [1.82, 2.24) is 9.78 Å². The Balaban J connectivity index is 2.66. The Kier molecular flexibility index (Phi) is 3.10. The summed E-state index contributed by atoms with van der Waals surface area (Å²) in [6.45, 7) is 1.74. The molecule has 0 aliphatic heterocycles. The van der Waals surface area contributed by atoms with Crippen LogP contribution in [0.15, 0.2) is 30.5 Å². The predicted octanol–water partition coefficient (Wildman–Crippen LogP) is 2.82. The fourth-order valence-corrected chi connectivity index (χ4v) is 1.73. The van der Waals surface area contributed by atoms with Gasteiger partial charge in [-0.3, -0.25) is 0 Å². The van der Waals surface area contributed by atoms with Crippen LogP contribution in [0, 0.1) is 6.92 Å². The molecule has 1 heterocycles. The number of rotatable bonds is 3. The maximum atomic E-state index is 13.0. The summed E-state index contributed by atoms with van der Waals surface area (Å²) in [7, 11) is 0. The zero-order valence-electron chi connectivity index (χ0n) is 9.47. The summed E-state index contributed by atoms with van der Waals surface area (Å²) in [6, 6.07) is 6.80. The number of halogens is 2. The van der Waals surface area contributed by atoms with Gasteiger partial charge in [0.1, 0.15) is 11.3 Å². The maximum Gasteiger partial charge on any atom is 0.339 e. The summed E-state index contributed by atoms with van der Waals surface area (Å²) in [5.74, 6) is -1.41. The van der Waals surface area contributed by atoms with E-state index in [2.05, 4.69) is 5.10 Å². The number of para-hydroxylation sites is 1. The number of carboxylic acids is 1. The molecule has 0 spiro atoms. The zero-order chi connectivity index (χ0) is 13.3. The molecule has 0 atom stereocenters. The molecule has 1 aromatic carbocycles. The van der Waals surface area contributed by atoms with E-state index < -0.39 is 23.7 Å². The maximum absolute atomic E-state index is 13.0. The van der Waals surface area contributed by atoms with E-state index in [-0.39, 0.29) is 0 Å². The van der Waals surface area contributed by atoms with Gasteiger partial charge in [-0.25, -0.2) is 18.3 Å². The monoisotopic (exact) mass is 252 g/mol. The van der Waals surface area contributed by atoms with Crippen molar-refractivity contribution in [2.24, 2.45) is 0 Å². The molecule has 0 amide bonds. The van der Waals surface area contributed by atoms with Crippen LogP contribution >= 0.6 is 0 Å². The van der Waals surface area contributed by atoms with E-state index in [4.69, 9.17) is 5.11 Å². The van der Waals surface area contributed by atoms with E-state index in [1.54, 1.807) is 31.2 Å². The van der Waals surface area contributed by atoms with Gasteiger partial charge in [-0.15, -0.1) is 0 Å². The van der Waals surface area contributed by atoms with E-state index >= 15 is 0 Å². The Morgan fingerprint density at radius 3 is 2.61 bits per heavy atom. The molecule has 0 aliphatic carbocycles. The summed E-state index contributed by atoms with van der Waals surface area (Å²) >= 11 is 0. The van der Waals surface area contributed by atoms with Crippen LogP contribution in [0.2, 0.25) is 0 Å². The molecule has 2 aromatic rings. The molecule has 0 unspecified atom stereocenters. The number of nitrogens with zero attached hydrogens (tertiary/aromatic N) is 2. The van der Waals surface area contributed by atoms with E-state index in [1.165, 1.54) is 0 Å². The van der Waals surface area contributed by atoms with Crippen molar-refractivity contribution in [3.8, 4) is 5.69 Å². The van der Waals surface area contributed by atoms with Gasteiger partial charge in [0.15, 0.2) is 0 Å². The van der Waals surface area contributed by atoms with Crippen LogP contribution in [0.1, 0.15) is 28.0 Å². The SMILES string of the molecule is Cc1ccccc1-n1ncc(C(=O)O)c1C(F)F. The van der Waals surface area contributed by atoms with Gasteiger partial charge in [-0.2, -0.15) is 5.10 Å². The highest BCUT2D eigenvalue weighted by Gasteiger charge is 2.25. The lowest BCUT2D eigenvalue weighted by molar-refractivity contribution is 0.0683. The number of alkyl halides is 2. The van der Waals surface area contributed by atoms with Crippen LogP contribution in [0.3, 0.4) is 0 Å². The lowest BCUT2D eigenvalue weighted by atomic mass is 10.2. The van der Waals surface area contributed by atoms with E-state index in [9.17, 15) is 13.6 Å². The second-order valence-electron chi connectivity index (χ2n) is 3.75. The number of aryl methyl sites for hydroxylation is 1. The first-order valence-electron chi connectivity index (χ1n) is 5.17. The second kappa shape index (κ2) is 4.56. The fourth-order valence-electron chi connectivity index (χ4n) is 1.73. The number of aromatic carboxylic acids is 1. The van der Waals surface area contributed by atoms with E-state index in [0.29, 0.717) is 5.69 Å². The summed E-state index contributed by atoms with van der Waals surface area (Å²) in [5, 5.41) is 12.6. The molecule has 0 aliphatic rings. The van der Waals surface area contributed by atoms with Gasteiger partial charge in [-0.1, -0.05) is 18.2 Å². The van der Waals surface area contributed by atoms with Crippen molar-refractivity contribution in [2.75, 3.05) is 0 Å². The van der Waals surface area contributed by atoms with Gasteiger partial charge in [0, 0.05) is 0 Å². The Labute approximate surface area is 101 Å². The van der Waals surface area contributed by atoms with Gasteiger partial charge in [-0.05, 0) is 18.6 Å². The van der Waals surface area contributed by atoms with Crippen LogP contribution in [0.4, 0.5) is 8.78 Å². The minimum absolute atomic E-state index is 0.445. The lowest BCUT2D eigenvalue weighted by Crippen LogP contribution is -2.08. The minimum atomic E-state index is -2.90. The van der Waals surface area contributed by atoms with Crippen LogP contribution < -0.4 is 0 Å². The molecular formula is C12H10F2N2O2. The third-order valence-corrected chi connectivity index (χ3v) is 2.59. The van der Waals surface area contributed by atoms with Crippen LogP contribution in [-0.4, -0.2) is 20.9 Å². The van der Waals surface area contributed by atoms with Crippen molar-refractivity contribution < 1.29 is 18.7 Å². The minimum Gasteiger partial charge on any atom is -0.478 e. The van der Waals surface area contributed by atoms with Gasteiger partial charge < -0.3 is 5.11 Å². The first-order chi connectivity index (χ1) is 8.52. The second-order valence-corrected chi connectivity index (χ2v) is 3.75. The number of hydrogen-bond donors (Lipinski definition) is 1.